The van der Waals surface area contributed by atoms with Crippen LogP contribution in [0.1, 0.15) is 56.5 Å². The van der Waals surface area contributed by atoms with E-state index in [0.29, 0.717) is 6.54 Å². The van der Waals surface area contributed by atoms with Gasteiger partial charge in [0.15, 0.2) is 0 Å². The molecule has 1 atom stereocenters. The topological polar surface area (TPSA) is 59.0 Å². The molecule has 128 valence electrons. The lowest BCUT2D eigenvalue weighted by molar-refractivity contribution is 0.235. The zero-order chi connectivity index (χ0) is 17.2. The summed E-state index contributed by atoms with van der Waals surface area (Å²) in [6.45, 7) is 7.01. The molecule has 0 bridgehead atoms. The maximum atomic E-state index is 12.2. The monoisotopic (exact) mass is 326 g/mol. The maximum Gasteiger partial charge on any atom is 0.315 e. The van der Waals surface area contributed by atoms with Gasteiger partial charge in [0.2, 0.25) is 0 Å². The van der Waals surface area contributed by atoms with Gasteiger partial charge in [0.05, 0.1) is 17.8 Å². The van der Waals surface area contributed by atoms with E-state index in [1.54, 1.807) is 0 Å². The van der Waals surface area contributed by atoms with Gasteiger partial charge in [-0.3, -0.25) is 4.68 Å². The fourth-order valence-electron chi connectivity index (χ4n) is 3.27. The van der Waals surface area contributed by atoms with Gasteiger partial charge in [-0.2, -0.15) is 5.10 Å². The van der Waals surface area contributed by atoms with Crippen LogP contribution in [0.5, 0.6) is 0 Å². The van der Waals surface area contributed by atoms with Gasteiger partial charge in [-0.15, -0.1) is 0 Å². The second kappa shape index (κ2) is 6.67. The Balaban J connectivity index is 1.65. The smallest absolute Gasteiger partial charge is 0.315 e. The molecule has 2 amide bonds. The van der Waals surface area contributed by atoms with Crippen LogP contribution < -0.4 is 10.6 Å². The average Bonchev–Trinajstić information content (AvgIpc) is 2.99. The van der Waals surface area contributed by atoms with Crippen LogP contribution in [0.15, 0.2) is 36.5 Å². The summed E-state index contributed by atoms with van der Waals surface area (Å²) in [4.78, 5) is 12.2. The number of benzene rings is 1. The zero-order valence-corrected chi connectivity index (χ0v) is 14.7. The van der Waals surface area contributed by atoms with E-state index in [2.05, 4.69) is 41.2 Å². The number of carbonyl (C=O) groups is 1. The molecule has 1 heterocycles. The molecule has 1 aliphatic rings. The van der Waals surface area contributed by atoms with E-state index in [-0.39, 0.29) is 17.6 Å². The summed E-state index contributed by atoms with van der Waals surface area (Å²) in [6, 6.07) is 9.85. The van der Waals surface area contributed by atoms with Gasteiger partial charge in [0.1, 0.15) is 0 Å². The fourth-order valence-corrected chi connectivity index (χ4v) is 3.27. The minimum absolute atomic E-state index is 0.0367. The number of nitrogens with one attached hydrogen (secondary N) is 2. The number of rotatable bonds is 3. The summed E-state index contributed by atoms with van der Waals surface area (Å²) >= 11 is 0. The molecule has 3 rings (SSSR count). The Morgan fingerprint density at radius 2 is 2.04 bits per heavy atom. The van der Waals surface area contributed by atoms with Crippen molar-refractivity contribution in [1.29, 1.82) is 0 Å². The van der Waals surface area contributed by atoms with E-state index in [0.717, 1.165) is 30.4 Å². The van der Waals surface area contributed by atoms with Crippen LogP contribution in [0.4, 0.5) is 4.79 Å². The first-order chi connectivity index (χ1) is 11.4. The molecule has 2 N–H and O–H groups in total. The Morgan fingerprint density at radius 3 is 2.75 bits per heavy atom. The molecule has 0 aliphatic heterocycles. The third kappa shape index (κ3) is 3.61. The van der Waals surface area contributed by atoms with E-state index < -0.39 is 0 Å². The minimum atomic E-state index is -0.125. The van der Waals surface area contributed by atoms with Crippen LogP contribution in [-0.4, -0.2) is 15.8 Å². The number of aromatic nitrogens is 2. The van der Waals surface area contributed by atoms with Gasteiger partial charge in [-0.25, -0.2) is 4.79 Å². The maximum absolute atomic E-state index is 12.2. The molecule has 0 saturated heterocycles. The van der Waals surface area contributed by atoms with Crippen molar-refractivity contribution in [3.8, 4) is 0 Å². The molecule has 2 aromatic rings. The van der Waals surface area contributed by atoms with Crippen molar-refractivity contribution in [3.63, 3.8) is 0 Å². The number of amides is 2. The molecule has 1 aliphatic carbocycles. The molecule has 1 unspecified atom stereocenters. The van der Waals surface area contributed by atoms with Crippen LogP contribution in [-0.2, 0) is 18.5 Å². The number of hydrogen-bond acceptors (Lipinski definition) is 2. The third-order valence-corrected chi connectivity index (χ3v) is 4.42. The molecule has 0 saturated carbocycles. The molecular formula is C19H26N4O. The van der Waals surface area contributed by atoms with Crippen molar-refractivity contribution in [2.75, 3.05) is 0 Å². The highest BCUT2D eigenvalue weighted by molar-refractivity contribution is 5.74. The summed E-state index contributed by atoms with van der Waals surface area (Å²) in [5.41, 5.74) is 3.47. The van der Waals surface area contributed by atoms with Crippen LogP contribution in [0, 0.1) is 0 Å². The Kier molecular flexibility index (Phi) is 4.60. The van der Waals surface area contributed by atoms with Gasteiger partial charge in [-0.05, 0) is 45.6 Å². The highest BCUT2D eigenvalue weighted by Gasteiger charge is 2.28. The van der Waals surface area contributed by atoms with Gasteiger partial charge < -0.3 is 10.6 Å². The highest BCUT2D eigenvalue weighted by Crippen LogP contribution is 2.32. The summed E-state index contributed by atoms with van der Waals surface area (Å²) < 4.78 is 2.10. The standard InChI is InChI=1S/C19H26N4O/c1-19(2,3)23-17-11-7-10-16(15(17)13-21-23)22-18(24)20-12-14-8-5-4-6-9-14/h4-6,8-9,13,16H,7,10-12H2,1-3H3,(H2,20,22,24). The van der Waals surface area contributed by atoms with Crippen LogP contribution in [0.25, 0.3) is 0 Å². The summed E-state index contributed by atoms with van der Waals surface area (Å²) in [6.07, 6.45) is 4.97. The molecule has 1 aromatic carbocycles. The summed E-state index contributed by atoms with van der Waals surface area (Å²) in [5.74, 6) is 0. The van der Waals surface area contributed by atoms with E-state index in [4.69, 9.17) is 0 Å². The van der Waals surface area contributed by atoms with E-state index in [1.807, 2.05) is 36.5 Å². The van der Waals surface area contributed by atoms with Crippen LogP contribution in [0.2, 0.25) is 0 Å². The molecular weight excluding hydrogens is 300 g/mol. The molecule has 24 heavy (non-hydrogen) atoms. The molecule has 1 aromatic heterocycles. The van der Waals surface area contributed by atoms with E-state index in [1.165, 1.54) is 5.69 Å². The lowest BCUT2D eigenvalue weighted by Gasteiger charge is -2.28. The van der Waals surface area contributed by atoms with Crippen LogP contribution in [0.3, 0.4) is 0 Å². The van der Waals surface area contributed by atoms with Crippen molar-refractivity contribution in [3.05, 3.63) is 53.3 Å². The lowest BCUT2D eigenvalue weighted by Crippen LogP contribution is -2.39. The number of fused-ring (bicyclic) bond motifs is 1. The SMILES string of the molecule is CC(C)(C)n1ncc2c1CCCC2NC(=O)NCc1ccccc1. The zero-order valence-electron chi connectivity index (χ0n) is 14.7. The first-order valence-corrected chi connectivity index (χ1v) is 8.61. The van der Waals surface area contributed by atoms with Crippen molar-refractivity contribution in [2.24, 2.45) is 0 Å². The van der Waals surface area contributed by atoms with Gasteiger partial charge in [-0.1, -0.05) is 30.3 Å². The fraction of sp³-hybridized carbons (Fsp3) is 0.474. The number of hydrogen-bond donors (Lipinski definition) is 2. The lowest BCUT2D eigenvalue weighted by atomic mass is 9.92. The first kappa shape index (κ1) is 16.6. The molecule has 5 nitrogen and oxygen atoms in total. The Morgan fingerprint density at radius 1 is 1.29 bits per heavy atom. The number of carbonyl (C=O) groups excluding carboxylic acids is 1. The van der Waals surface area contributed by atoms with Crippen LogP contribution >= 0.6 is 0 Å². The third-order valence-electron chi connectivity index (χ3n) is 4.42. The first-order valence-electron chi connectivity index (χ1n) is 8.61. The second-order valence-corrected chi connectivity index (χ2v) is 7.39. The van der Waals surface area contributed by atoms with Crippen molar-refractivity contribution < 1.29 is 4.79 Å². The number of urea groups is 1. The minimum Gasteiger partial charge on any atom is -0.334 e. The van der Waals surface area contributed by atoms with Gasteiger partial charge in [0.25, 0.3) is 0 Å². The van der Waals surface area contributed by atoms with Gasteiger partial charge in [0, 0.05) is 17.8 Å². The normalized spacial score (nSPS) is 17.2. The summed E-state index contributed by atoms with van der Waals surface area (Å²) in [7, 11) is 0. The predicted molar refractivity (Wildman–Crippen MR) is 94.7 cm³/mol. The molecule has 5 heteroatoms. The highest BCUT2D eigenvalue weighted by atomic mass is 16.2. The Labute approximate surface area is 143 Å². The van der Waals surface area contributed by atoms with Crippen molar-refractivity contribution >= 4 is 6.03 Å². The largest absolute Gasteiger partial charge is 0.334 e. The molecule has 0 fully saturated rings. The number of nitrogens with zero attached hydrogens (tertiary/aromatic N) is 2. The van der Waals surface area contributed by atoms with Crippen molar-refractivity contribution in [2.45, 2.75) is 58.2 Å². The average molecular weight is 326 g/mol. The van der Waals surface area contributed by atoms with Crippen molar-refractivity contribution in [1.82, 2.24) is 20.4 Å². The molecule has 0 radical (unpaired) electrons. The quantitative estimate of drug-likeness (QED) is 0.907. The van der Waals surface area contributed by atoms with E-state index in [9.17, 15) is 4.79 Å². The van der Waals surface area contributed by atoms with E-state index >= 15 is 0 Å². The predicted octanol–water partition coefficient (Wildman–Crippen LogP) is 3.51. The Hall–Kier alpha value is -2.30. The Bertz CT molecular complexity index is 700. The van der Waals surface area contributed by atoms with Gasteiger partial charge >= 0.3 is 6.03 Å². The summed E-state index contributed by atoms with van der Waals surface area (Å²) in [5, 5.41) is 10.6. The molecule has 0 spiro atoms. The second-order valence-electron chi connectivity index (χ2n) is 7.39.